The summed E-state index contributed by atoms with van der Waals surface area (Å²) in [5.41, 5.74) is 0. The van der Waals surface area contributed by atoms with E-state index in [0.29, 0.717) is 0 Å². The van der Waals surface area contributed by atoms with Crippen molar-refractivity contribution < 1.29 is 0 Å². The van der Waals surface area contributed by atoms with Gasteiger partial charge in [0.1, 0.15) is 5.82 Å². The Kier molecular flexibility index (Phi) is 3.46. The van der Waals surface area contributed by atoms with Gasteiger partial charge in [0, 0.05) is 36.5 Å². The maximum Gasteiger partial charge on any atom is 0.147 e. The van der Waals surface area contributed by atoms with Crippen molar-refractivity contribution in [3.05, 3.63) is 18.6 Å². The Morgan fingerprint density at radius 2 is 2.33 bits per heavy atom. The van der Waals surface area contributed by atoms with Crippen LogP contribution in [0.15, 0.2) is 18.6 Å². The van der Waals surface area contributed by atoms with E-state index in [-0.39, 0.29) is 0 Å². The third kappa shape index (κ3) is 2.62. The van der Waals surface area contributed by atoms with Crippen LogP contribution in [0.3, 0.4) is 0 Å². The van der Waals surface area contributed by atoms with Gasteiger partial charge in [-0.2, -0.15) is 11.8 Å². The summed E-state index contributed by atoms with van der Waals surface area (Å²) in [5, 5.41) is 0.723. The molecule has 3 nitrogen and oxygen atoms in total. The van der Waals surface area contributed by atoms with Crippen molar-refractivity contribution in [3.63, 3.8) is 0 Å². The smallest absolute Gasteiger partial charge is 0.147 e. The number of hydrogen-bond donors (Lipinski definition) is 0. The second kappa shape index (κ2) is 4.84. The summed E-state index contributed by atoms with van der Waals surface area (Å²) >= 11 is 2.08. The molecule has 2 rings (SSSR count). The van der Waals surface area contributed by atoms with Crippen LogP contribution in [0.2, 0.25) is 0 Å². The second-order valence-electron chi connectivity index (χ2n) is 4.16. The van der Waals surface area contributed by atoms with Gasteiger partial charge in [0.05, 0.1) is 6.20 Å². The minimum absolute atomic E-state index is 0.723. The largest absolute Gasteiger partial charge is 0.353 e. The van der Waals surface area contributed by atoms with Crippen molar-refractivity contribution in [1.82, 2.24) is 9.97 Å². The molecule has 0 aromatic carbocycles. The van der Waals surface area contributed by atoms with Crippen LogP contribution in [-0.4, -0.2) is 34.1 Å². The molecule has 1 unspecified atom stereocenters. The molecular formula is C11H17N3S. The standard InChI is InChI=1S/C11H17N3S/c1-9(2)10-8-14(5-6-15-10)11-7-12-3-4-13-11/h3-4,7,9-10H,5-6,8H2,1-2H3. The highest BCUT2D eigenvalue weighted by Gasteiger charge is 2.23. The van der Waals surface area contributed by atoms with Gasteiger partial charge in [0.15, 0.2) is 0 Å². The highest BCUT2D eigenvalue weighted by molar-refractivity contribution is 8.00. The minimum Gasteiger partial charge on any atom is -0.353 e. The first-order valence-corrected chi connectivity index (χ1v) is 6.45. The maximum atomic E-state index is 4.35. The topological polar surface area (TPSA) is 29.0 Å². The van der Waals surface area contributed by atoms with Gasteiger partial charge in [-0.3, -0.25) is 4.98 Å². The highest BCUT2D eigenvalue weighted by Crippen LogP contribution is 2.26. The summed E-state index contributed by atoms with van der Waals surface area (Å²) < 4.78 is 0. The molecule has 0 bridgehead atoms. The first-order valence-electron chi connectivity index (χ1n) is 5.40. The van der Waals surface area contributed by atoms with E-state index in [1.54, 1.807) is 12.4 Å². The van der Waals surface area contributed by atoms with E-state index in [1.165, 1.54) is 5.75 Å². The van der Waals surface area contributed by atoms with Gasteiger partial charge >= 0.3 is 0 Å². The fraction of sp³-hybridized carbons (Fsp3) is 0.636. The number of anilines is 1. The highest BCUT2D eigenvalue weighted by atomic mass is 32.2. The third-order valence-electron chi connectivity index (χ3n) is 2.71. The molecule has 4 heteroatoms. The van der Waals surface area contributed by atoms with E-state index < -0.39 is 0 Å². The summed E-state index contributed by atoms with van der Waals surface area (Å²) in [6.45, 7) is 6.77. The van der Waals surface area contributed by atoms with Crippen molar-refractivity contribution in [2.24, 2.45) is 5.92 Å². The fourth-order valence-electron chi connectivity index (χ4n) is 1.74. The van der Waals surface area contributed by atoms with Gasteiger partial charge in [0.25, 0.3) is 0 Å². The summed E-state index contributed by atoms with van der Waals surface area (Å²) in [4.78, 5) is 10.8. The molecule has 1 atom stereocenters. The molecule has 0 radical (unpaired) electrons. The van der Waals surface area contributed by atoms with Crippen LogP contribution in [0, 0.1) is 5.92 Å². The SMILES string of the molecule is CC(C)C1CN(c2cnccn2)CCS1. The van der Waals surface area contributed by atoms with Crippen LogP contribution in [0.5, 0.6) is 0 Å². The Hall–Kier alpha value is -0.770. The molecule has 1 aromatic heterocycles. The van der Waals surface area contributed by atoms with E-state index in [9.17, 15) is 0 Å². The van der Waals surface area contributed by atoms with Gasteiger partial charge in [-0.05, 0) is 5.92 Å². The van der Waals surface area contributed by atoms with Crippen LogP contribution in [0.1, 0.15) is 13.8 Å². The summed E-state index contributed by atoms with van der Waals surface area (Å²) in [7, 11) is 0. The van der Waals surface area contributed by atoms with Crippen LogP contribution in [0.4, 0.5) is 5.82 Å². The normalized spacial score (nSPS) is 22.1. The van der Waals surface area contributed by atoms with Crippen molar-refractivity contribution in [3.8, 4) is 0 Å². The maximum absolute atomic E-state index is 4.35. The molecule has 0 amide bonds. The van der Waals surface area contributed by atoms with Gasteiger partial charge in [-0.1, -0.05) is 13.8 Å². The lowest BCUT2D eigenvalue weighted by atomic mass is 10.1. The molecule has 1 aromatic rings. The summed E-state index contributed by atoms with van der Waals surface area (Å²) in [6, 6.07) is 0. The zero-order valence-electron chi connectivity index (χ0n) is 9.26. The van der Waals surface area contributed by atoms with Gasteiger partial charge in [-0.25, -0.2) is 4.98 Å². The Bertz CT molecular complexity index is 302. The lowest BCUT2D eigenvalue weighted by Gasteiger charge is -2.34. The first-order chi connectivity index (χ1) is 7.27. The van der Waals surface area contributed by atoms with E-state index in [0.717, 1.165) is 30.1 Å². The van der Waals surface area contributed by atoms with E-state index in [4.69, 9.17) is 0 Å². The Morgan fingerprint density at radius 3 is 3.00 bits per heavy atom. The van der Waals surface area contributed by atoms with Crippen molar-refractivity contribution in [2.75, 3.05) is 23.7 Å². The summed E-state index contributed by atoms with van der Waals surface area (Å²) in [5.74, 6) is 2.94. The minimum atomic E-state index is 0.723. The molecule has 1 saturated heterocycles. The number of nitrogens with zero attached hydrogens (tertiary/aromatic N) is 3. The van der Waals surface area contributed by atoms with Crippen molar-refractivity contribution in [1.29, 1.82) is 0 Å². The van der Waals surface area contributed by atoms with Crippen molar-refractivity contribution in [2.45, 2.75) is 19.1 Å². The Labute approximate surface area is 95.3 Å². The monoisotopic (exact) mass is 223 g/mol. The lowest BCUT2D eigenvalue weighted by molar-refractivity contribution is 0.580. The third-order valence-corrected chi connectivity index (χ3v) is 4.25. The first kappa shape index (κ1) is 10.7. The van der Waals surface area contributed by atoms with Gasteiger partial charge in [0.2, 0.25) is 0 Å². The van der Waals surface area contributed by atoms with E-state index >= 15 is 0 Å². The van der Waals surface area contributed by atoms with E-state index in [1.807, 2.05) is 6.20 Å². The van der Waals surface area contributed by atoms with Crippen LogP contribution >= 0.6 is 11.8 Å². The molecule has 2 heterocycles. The number of aromatic nitrogens is 2. The molecule has 1 fully saturated rings. The average molecular weight is 223 g/mol. The molecule has 1 aliphatic heterocycles. The van der Waals surface area contributed by atoms with Crippen LogP contribution in [-0.2, 0) is 0 Å². The molecule has 0 saturated carbocycles. The zero-order chi connectivity index (χ0) is 10.7. The van der Waals surface area contributed by atoms with Gasteiger partial charge < -0.3 is 4.90 Å². The zero-order valence-corrected chi connectivity index (χ0v) is 10.1. The summed E-state index contributed by atoms with van der Waals surface area (Å²) in [6.07, 6.45) is 5.34. The molecule has 0 aliphatic carbocycles. The number of rotatable bonds is 2. The van der Waals surface area contributed by atoms with Crippen molar-refractivity contribution >= 4 is 17.6 Å². The number of thioether (sulfide) groups is 1. The predicted octanol–water partition coefficient (Wildman–Crippen LogP) is 2.05. The molecule has 82 valence electrons. The van der Waals surface area contributed by atoms with E-state index in [2.05, 4.69) is 40.5 Å². The van der Waals surface area contributed by atoms with Gasteiger partial charge in [-0.15, -0.1) is 0 Å². The fourth-order valence-corrected chi connectivity index (χ4v) is 3.04. The average Bonchev–Trinajstić information content (AvgIpc) is 2.30. The van der Waals surface area contributed by atoms with Crippen LogP contribution in [0.25, 0.3) is 0 Å². The molecular weight excluding hydrogens is 206 g/mol. The Balaban J connectivity index is 2.05. The molecule has 0 spiro atoms. The quantitative estimate of drug-likeness (QED) is 0.767. The lowest BCUT2D eigenvalue weighted by Crippen LogP contribution is -2.40. The molecule has 15 heavy (non-hydrogen) atoms. The predicted molar refractivity (Wildman–Crippen MR) is 65.3 cm³/mol. The van der Waals surface area contributed by atoms with Crippen LogP contribution < -0.4 is 4.90 Å². The number of hydrogen-bond acceptors (Lipinski definition) is 4. The molecule has 0 N–H and O–H groups in total. The second-order valence-corrected chi connectivity index (χ2v) is 5.51. The Morgan fingerprint density at radius 1 is 1.47 bits per heavy atom. The molecule has 1 aliphatic rings.